The third-order valence-corrected chi connectivity index (χ3v) is 5.19. The second kappa shape index (κ2) is 9.19. The van der Waals surface area contributed by atoms with E-state index in [9.17, 15) is 0 Å². The maximum absolute atomic E-state index is 4.69. The van der Waals surface area contributed by atoms with E-state index in [4.69, 9.17) is 0 Å². The van der Waals surface area contributed by atoms with Gasteiger partial charge >= 0.3 is 0 Å². The number of rotatable bonds is 5. The summed E-state index contributed by atoms with van der Waals surface area (Å²) in [4.78, 5) is 13.8. The van der Waals surface area contributed by atoms with Crippen molar-refractivity contribution in [2.24, 2.45) is 7.05 Å². The van der Waals surface area contributed by atoms with Crippen molar-refractivity contribution >= 4 is 23.9 Å². The van der Waals surface area contributed by atoms with Gasteiger partial charge in [-0.15, -0.1) is 12.4 Å². The van der Waals surface area contributed by atoms with Gasteiger partial charge in [-0.25, -0.2) is 9.97 Å². The number of benzene rings is 1. The van der Waals surface area contributed by atoms with Crippen LogP contribution in [0, 0.1) is 0 Å². The van der Waals surface area contributed by atoms with Crippen molar-refractivity contribution in [1.82, 2.24) is 24.8 Å². The van der Waals surface area contributed by atoms with Gasteiger partial charge in [-0.1, -0.05) is 24.3 Å². The molecule has 1 atom stereocenters. The van der Waals surface area contributed by atoms with E-state index in [0.717, 1.165) is 43.5 Å². The highest BCUT2D eigenvalue weighted by Crippen LogP contribution is 2.24. The number of anilines is 2. The Hall–Kier alpha value is -2.41. The number of imidazole rings is 1. The monoisotopic (exact) mass is 398 g/mol. The molecule has 1 aliphatic heterocycles. The van der Waals surface area contributed by atoms with Crippen LogP contribution in [0.2, 0.25) is 0 Å². The molecule has 2 aromatic heterocycles. The molecule has 0 spiro atoms. The molecule has 1 aromatic carbocycles. The zero-order valence-electron chi connectivity index (χ0n) is 16.3. The van der Waals surface area contributed by atoms with Gasteiger partial charge in [0, 0.05) is 64.6 Å². The Balaban J connectivity index is 0.00000225. The fraction of sp³-hybridized carbons (Fsp3) is 0.333. The summed E-state index contributed by atoms with van der Waals surface area (Å²) in [5.41, 5.74) is 2.36. The summed E-state index contributed by atoms with van der Waals surface area (Å²) in [7, 11) is 4.11. The van der Waals surface area contributed by atoms with Crippen LogP contribution < -0.4 is 10.2 Å². The van der Waals surface area contributed by atoms with Crippen LogP contribution in [0.1, 0.15) is 17.4 Å². The van der Waals surface area contributed by atoms with Gasteiger partial charge in [-0.3, -0.25) is 4.90 Å². The van der Waals surface area contributed by atoms with Gasteiger partial charge in [-0.05, 0) is 23.8 Å². The van der Waals surface area contributed by atoms with Crippen molar-refractivity contribution in [2.75, 3.05) is 31.6 Å². The minimum atomic E-state index is 0. The Labute approximate surface area is 172 Å². The molecule has 0 aliphatic carbocycles. The Morgan fingerprint density at radius 3 is 2.64 bits per heavy atom. The minimum Gasteiger partial charge on any atom is -0.337 e. The molecule has 1 saturated heterocycles. The summed E-state index contributed by atoms with van der Waals surface area (Å²) < 4.78 is 2.11. The molecular formula is C21H27ClN6. The molecule has 0 radical (unpaired) electrons. The van der Waals surface area contributed by atoms with E-state index in [1.165, 1.54) is 5.56 Å². The fourth-order valence-electron chi connectivity index (χ4n) is 3.62. The fourth-order valence-corrected chi connectivity index (χ4v) is 3.62. The average Bonchev–Trinajstić information content (AvgIpc) is 3.15. The van der Waals surface area contributed by atoms with Crippen LogP contribution >= 0.6 is 12.4 Å². The van der Waals surface area contributed by atoms with E-state index in [-0.39, 0.29) is 18.4 Å². The molecule has 3 heterocycles. The highest BCUT2D eigenvalue weighted by Gasteiger charge is 2.26. The van der Waals surface area contributed by atoms with Crippen LogP contribution in [-0.4, -0.2) is 46.1 Å². The molecule has 4 rings (SSSR count). The molecule has 6 nitrogen and oxygen atoms in total. The van der Waals surface area contributed by atoms with E-state index in [2.05, 4.69) is 61.0 Å². The number of para-hydroxylation sites is 1. The lowest BCUT2D eigenvalue weighted by atomic mass is 10.1. The molecule has 1 N–H and O–H groups in total. The Morgan fingerprint density at radius 1 is 1.14 bits per heavy atom. The molecule has 7 heteroatoms. The summed E-state index contributed by atoms with van der Waals surface area (Å²) >= 11 is 0. The van der Waals surface area contributed by atoms with Crippen molar-refractivity contribution in [3.8, 4) is 0 Å². The molecule has 3 aromatic rings. The molecule has 0 amide bonds. The smallest absolute Gasteiger partial charge is 0.132 e. The van der Waals surface area contributed by atoms with Crippen molar-refractivity contribution in [3.63, 3.8) is 0 Å². The maximum Gasteiger partial charge on any atom is 0.132 e. The summed E-state index contributed by atoms with van der Waals surface area (Å²) in [6.07, 6.45) is 5.88. The lowest BCUT2D eigenvalue weighted by Gasteiger charge is -2.35. The van der Waals surface area contributed by atoms with Crippen molar-refractivity contribution in [1.29, 1.82) is 0 Å². The number of aromatic nitrogens is 3. The number of piperazine rings is 1. The van der Waals surface area contributed by atoms with E-state index >= 15 is 0 Å². The van der Waals surface area contributed by atoms with Crippen LogP contribution in [0.3, 0.4) is 0 Å². The van der Waals surface area contributed by atoms with Crippen molar-refractivity contribution in [2.45, 2.75) is 12.6 Å². The quantitative estimate of drug-likeness (QED) is 0.715. The first-order chi connectivity index (χ1) is 13.2. The Bertz CT molecular complexity index is 864. The maximum atomic E-state index is 4.69. The number of hydrogen-bond acceptors (Lipinski definition) is 5. The summed E-state index contributed by atoms with van der Waals surface area (Å²) in [6, 6.07) is 14.9. The molecule has 0 bridgehead atoms. The topological polar surface area (TPSA) is 49.2 Å². The Kier molecular flexibility index (Phi) is 6.67. The average molecular weight is 399 g/mol. The molecule has 1 unspecified atom stereocenters. The molecule has 148 valence electrons. The van der Waals surface area contributed by atoms with Crippen LogP contribution in [0.4, 0.5) is 11.5 Å². The largest absolute Gasteiger partial charge is 0.337 e. The first-order valence-corrected chi connectivity index (χ1v) is 9.38. The number of nitrogens with zero attached hydrogens (tertiary/aromatic N) is 5. The lowest BCUT2D eigenvalue weighted by molar-refractivity contribution is 0.144. The number of hydrogen-bond donors (Lipinski definition) is 1. The predicted octanol–water partition coefficient (Wildman–Crippen LogP) is 3.15. The van der Waals surface area contributed by atoms with Gasteiger partial charge in [-0.2, -0.15) is 0 Å². The predicted molar refractivity (Wildman–Crippen MR) is 115 cm³/mol. The number of halogens is 1. The second-order valence-corrected chi connectivity index (χ2v) is 7.01. The van der Waals surface area contributed by atoms with E-state index in [1.54, 1.807) is 0 Å². The van der Waals surface area contributed by atoms with Crippen molar-refractivity contribution in [3.05, 3.63) is 72.4 Å². The molecule has 1 fully saturated rings. The summed E-state index contributed by atoms with van der Waals surface area (Å²) in [5, 5.41) is 3.49. The molecule has 0 saturated carbocycles. The number of nitrogens with one attached hydrogen (secondary N) is 1. The van der Waals surface area contributed by atoms with Gasteiger partial charge in [0.15, 0.2) is 0 Å². The zero-order valence-corrected chi connectivity index (χ0v) is 17.1. The standard InChI is InChI=1S/C21H26N6.ClH/c1-25-12-11-23-21(25)19-15-22-10-13-27(19)16-17-8-9-20(24-14-17)26(2)18-6-4-3-5-7-18;/h3-9,11-12,14,19,22H,10,13,15-16H2,1-2H3;1H. The van der Waals surface area contributed by atoms with E-state index in [0.29, 0.717) is 0 Å². The van der Waals surface area contributed by atoms with Gasteiger partial charge in [0.25, 0.3) is 0 Å². The second-order valence-electron chi connectivity index (χ2n) is 7.01. The van der Waals surface area contributed by atoms with Gasteiger partial charge in [0.2, 0.25) is 0 Å². The summed E-state index contributed by atoms with van der Waals surface area (Å²) in [6.45, 7) is 3.81. The van der Waals surface area contributed by atoms with E-state index in [1.807, 2.05) is 43.8 Å². The first kappa shape index (κ1) is 20.3. The SMILES string of the molecule is CN(c1ccccc1)c1ccc(CN2CCNCC2c2nccn2C)cn1.Cl. The third-order valence-electron chi connectivity index (χ3n) is 5.19. The van der Waals surface area contributed by atoms with Crippen LogP contribution in [0.15, 0.2) is 61.1 Å². The van der Waals surface area contributed by atoms with Crippen molar-refractivity contribution < 1.29 is 0 Å². The van der Waals surface area contributed by atoms with Gasteiger partial charge in [0.05, 0.1) is 6.04 Å². The van der Waals surface area contributed by atoms with Crippen LogP contribution in [-0.2, 0) is 13.6 Å². The highest BCUT2D eigenvalue weighted by atomic mass is 35.5. The normalized spacial score (nSPS) is 17.1. The highest BCUT2D eigenvalue weighted by molar-refractivity contribution is 5.85. The number of pyridine rings is 1. The molecular weight excluding hydrogens is 372 g/mol. The third kappa shape index (κ3) is 4.35. The first-order valence-electron chi connectivity index (χ1n) is 9.38. The molecule has 1 aliphatic rings. The van der Waals surface area contributed by atoms with E-state index < -0.39 is 0 Å². The minimum absolute atomic E-state index is 0. The number of aryl methyl sites for hydroxylation is 1. The zero-order chi connectivity index (χ0) is 18.6. The summed E-state index contributed by atoms with van der Waals surface area (Å²) in [5.74, 6) is 2.06. The van der Waals surface area contributed by atoms with Crippen LogP contribution in [0.25, 0.3) is 0 Å². The van der Waals surface area contributed by atoms with Gasteiger partial charge < -0.3 is 14.8 Å². The molecule has 28 heavy (non-hydrogen) atoms. The van der Waals surface area contributed by atoms with Crippen LogP contribution in [0.5, 0.6) is 0 Å². The van der Waals surface area contributed by atoms with Gasteiger partial charge in [0.1, 0.15) is 11.6 Å². The lowest BCUT2D eigenvalue weighted by Crippen LogP contribution is -2.46. The Morgan fingerprint density at radius 2 is 1.96 bits per heavy atom.